The summed E-state index contributed by atoms with van der Waals surface area (Å²) < 4.78 is 0. The molecule has 2 heterocycles. The van der Waals surface area contributed by atoms with E-state index in [4.69, 9.17) is 5.73 Å². The maximum atomic E-state index is 6.17. The fourth-order valence-corrected chi connectivity index (χ4v) is 3.32. The van der Waals surface area contributed by atoms with Gasteiger partial charge in [0.1, 0.15) is 0 Å². The van der Waals surface area contributed by atoms with E-state index >= 15 is 0 Å². The van der Waals surface area contributed by atoms with E-state index in [1.807, 2.05) is 0 Å². The van der Waals surface area contributed by atoms with Gasteiger partial charge in [0.2, 0.25) is 0 Å². The molecule has 3 heteroatoms. The van der Waals surface area contributed by atoms with Gasteiger partial charge in [-0.25, -0.2) is 0 Å². The van der Waals surface area contributed by atoms with E-state index in [-0.39, 0.29) is 6.04 Å². The van der Waals surface area contributed by atoms with Crippen molar-refractivity contribution >= 4 is 22.7 Å². The molecule has 0 saturated carbocycles. The number of hydrogen-bond donors (Lipinski definition) is 1. The quantitative estimate of drug-likeness (QED) is 0.861. The minimum Gasteiger partial charge on any atom is -0.323 e. The average Bonchev–Trinajstić information content (AvgIpc) is 2.84. The monoisotopic (exact) mass is 237 g/mol. The second-order valence-corrected chi connectivity index (χ2v) is 5.47. The molecule has 0 bridgehead atoms. The summed E-state index contributed by atoms with van der Waals surface area (Å²) in [5, 5.41) is 6.44. The van der Waals surface area contributed by atoms with Crippen LogP contribution < -0.4 is 5.73 Å². The van der Waals surface area contributed by atoms with Crippen molar-refractivity contribution in [3.05, 3.63) is 44.3 Å². The first-order valence-electron chi connectivity index (χ1n) is 5.08. The highest BCUT2D eigenvalue weighted by Crippen LogP contribution is 2.25. The summed E-state index contributed by atoms with van der Waals surface area (Å²) in [4.78, 5) is 1.34. The average molecular weight is 237 g/mol. The van der Waals surface area contributed by atoms with Gasteiger partial charge < -0.3 is 5.73 Å². The summed E-state index contributed by atoms with van der Waals surface area (Å²) in [7, 11) is 0. The first-order valence-corrected chi connectivity index (χ1v) is 6.90. The molecule has 0 amide bonds. The summed E-state index contributed by atoms with van der Waals surface area (Å²) in [6.07, 6.45) is 2.13. The van der Waals surface area contributed by atoms with Crippen LogP contribution in [0, 0.1) is 6.92 Å². The molecular formula is C12H15NS2. The van der Waals surface area contributed by atoms with E-state index in [0.717, 1.165) is 12.8 Å². The normalized spacial score (nSPS) is 12.9. The predicted molar refractivity (Wildman–Crippen MR) is 68.6 cm³/mol. The van der Waals surface area contributed by atoms with Crippen molar-refractivity contribution in [2.24, 2.45) is 5.73 Å². The Morgan fingerprint density at radius 3 is 2.80 bits per heavy atom. The zero-order valence-electron chi connectivity index (χ0n) is 8.77. The van der Waals surface area contributed by atoms with Crippen molar-refractivity contribution in [1.29, 1.82) is 0 Å². The van der Waals surface area contributed by atoms with Crippen molar-refractivity contribution < 1.29 is 0 Å². The van der Waals surface area contributed by atoms with Gasteiger partial charge in [-0.15, -0.1) is 11.3 Å². The number of nitrogens with two attached hydrogens (primary N) is 1. The van der Waals surface area contributed by atoms with Crippen LogP contribution in [0.25, 0.3) is 0 Å². The second-order valence-electron chi connectivity index (χ2n) is 3.74. The van der Waals surface area contributed by atoms with Crippen LogP contribution in [0.2, 0.25) is 0 Å². The summed E-state index contributed by atoms with van der Waals surface area (Å²) in [5.74, 6) is 0. The Bertz CT molecular complexity index is 403. The van der Waals surface area contributed by atoms with Crippen LogP contribution in [0.4, 0.5) is 0 Å². The zero-order chi connectivity index (χ0) is 10.7. The molecular weight excluding hydrogens is 222 g/mol. The van der Waals surface area contributed by atoms with Gasteiger partial charge in [0.25, 0.3) is 0 Å². The first-order chi connectivity index (χ1) is 7.27. The lowest BCUT2D eigenvalue weighted by atomic mass is 10.1. The van der Waals surface area contributed by atoms with Crippen molar-refractivity contribution in [2.45, 2.75) is 25.8 Å². The third kappa shape index (κ3) is 2.68. The van der Waals surface area contributed by atoms with Crippen molar-refractivity contribution in [3.8, 4) is 0 Å². The SMILES string of the molecule is Cc1ccsc1C(N)CCc1ccsc1. The molecule has 0 fully saturated rings. The van der Waals surface area contributed by atoms with E-state index in [2.05, 4.69) is 35.2 Å². The summed E-state index contributed by atoms with van der Waals surface area (Å²) in [6.45, 7) is 2.14. The van der Waals surface area contributed by atoms with Gasteiger partial charge in [0, 0.05) is 10.9 Å². The molecule has 0 aromatic carbocycles. The Hall–Kier alpha value is -0.640. The van der Waals surface area contributed by atoms with Crippen LogP contribution >= 0.6 is 22.7 Å². The van der Waals surface area contributed by atoms with Crippen LogP contribution in [-0.2, 0) is 6.42 Å². The molecule has 0 aliphatic carbocycles. The molecule has 1 nitrogen and oxygen atoms in total. The first kappa shape index (κ1) is 10.9. The lowest BCUT2D eigenvalue weighted by Crippen LogP contribution is -2.10. The molecule has 15 heavy (non-hydrogen) atoms. The second kappa shape index (κ2) is 4.92. The molecule has 1 unspecified atom stereocenters. The molecule has 2 aromatic rings. The van der Waals surface area contributed by atoms with Gasteiger partial charge >= 0.3 is 0 Å². The highest BCUT2D eigenvalue weighted by atomic mass is 32.1. The smallest absolute Gasteiger partial charge is 0.0395 e. The Labute approximate surface area is 98.6 Å². The van der Waals surface area contributed by atoms with E-state index < -0.39 is 0 Å². The summed E-state index contributed by atoms with van der Waals surface area (Å²) in [5.41, 5.74) is 8.91. The predicted octanol–water partition coefficient (Wildman–Crippen LogP) is 3.75. The molecule has 2 aromatic heterocycles. The fraction of sp³-hybridized carbons (Fsp3) is 0.333. The highest BCUT2D eigenvalue weighted by Gasteiger charge is 2.10. The Morgan fingerprint density at radius 2 is 2.20 bits per heavy atom. The molecule has 0 spiro atoms. The molecule has 0 radical (unpaired) electrons. The summed E-state index contributed by atoms with van der Waals surface area (Å²) >= 11 is 3.53. The van der Waals surface area contributed by atoms with Crippen LogP contribution in [0.3, 0.4) is 0 Å². The number of aryl methyl sites for hydroxylation is 2. The van der Waals surface area contributed by atoms with Gasteiger partial charge in [-0.3, -0.25) is 0 Å². The fourth-order valence-electron chi connectivity index (χ4n) is 1.65. The lowest BCUT2D eigenvalue weighted by molar-refractivity contribution is 0.660. The third-order valence-corrected chi connectivity index (χ3v) is 4.45. The number of hydrogen-bond acceptors (Lipinski definition) is 3. The standard InChI is InChI=1S/C12H15NS2/c1-9-4-7-15-12(9)11(13)3-2-10-5-6-14-8-10/h4-8,11H,2-3,13H2,1H3. The zero-order valence-corrected chi connectivity index (χ0v) is 10.4. The number of thiophene rings is 2. The van der Waals surface area contributed by atoms with E-state index in [1.54, 1.807) is 22.7 Å². The van der Waals surface area contributed by atoms with E-state index in [1.165, 1.54) is 16.0 Å². The lowest BCUT2D eigenvalue weighted by Gasteiger charge is -2.10. The van der Waals surface area contributed by atoms with Gasteiger partial charge in [-0.1, -0.05) is 0 Å². The number of rotatable bonds is 4. The molecule has 0 saturated heterocycles. The molecule has 0 aliphatic heterocycles. The van der Waals surface area contributed by atoms with Crippen LogP contribution in [0.5, 0.6) is 0 Å². The minimum atomic E-state index is 0.199. The van der Waals surface area contributed by atoms with Gasteiger partial charge in [0.05, 0.1) is 0 Å². The Balaban J connectivity index is 1.93. The highest BCUT2D eigenvalue weighted by molar-refractivity contribution is 7.10. The topological polar surface area (TPSA) is 26.0 Å². The van der Waals surface area contributed by atoms with E-state index in [9.17, 15) is 0 Å². The van der Waals surface area contributed by atoms with Crippen LogP contribution in [-0.4, -0.2) is 0 Å². The van der Waals surface area contributed by atoms with Crippen molar-refractivity contribution in [1.82, 2.24) is 0 Å². The van der Waals surface area contributed by atoms with Crippen LogP contribution in [0.15, 0.2) is 28.3 Å². The summed E-state index contributed by atoms with van der Waals surface area (Å²) in [6, 6.07) is 4.52. The Kier molecular flexibility index (Phi) is 3.57. The van der Waals surface area contributed by atoms with Crippen molar-refractivity contribution in [2.75, 3.05) is 0 Å². The molecule has 0 aliphatic rings. The van der Waals surface area contributed by atoms with E-state index in [0.29, 0.717) is 0 Å². The maximum absolute atomic E-state index is 6.17. The third-order valence-electron chi connectivity index (χ3n) is 2.56. The Morgan fingerprint density at radius 1 is 1.33 bits per heavy atom. The van der Waals surface area contributed by atoms with Gasteiger partial charge in [0.15, 0.2) is 0 Å². The van der Waals surface area contributed by atoms with Crippen molar-refractivity contribution in [3.63, 3.8) is 0 Å². The maximum Gasteiger partial charge on any atom is 0.0395 e. The van der Waals surface area contributed by atoms with Gasteiger partial charge in [-0.05, 0) is 59.2 Å². The molecule has 80 valence electrons. The van der Waals surface area contributed by atoms with Gasteiger partial charge in [-0.2, -0.15) is 11.3 Å². The minimum absolute atomic E-state index is 0.199. The molecule has 2 N–H and O–H groups in total. The molecule has 1 atom stereocenters. The molecule has 2 rings (SSSR count). The van der Waals surface area contributed by atoms with Crippen LogP contribution in [0.1, 0.15) is 28.5 Å². The largest absolute Gasteiger partial charge is 0.323 e.